The van der Waals surface area contributed by atoms with Crippen LogP contribution in [0.2, 0.25) is 0 Å². The number of hydrogen-bond acceptors (Lipinski definition) is 4. The molecule has 1 aromatic heterocycles. The summed E-state index contributed by atoms with van der Waals surface area (Å²) in [5.41, 5.74) is 6.72. The van der Waals surface area contributed by atoms with Gasteiger partial charge in [-0.15, -0.1) is 11.3 Å². The zero-order valence-electron chi connectivity index (χ0n) is 10.3. The van der Waals surface area contributed by atoms with Gasteiger partial charge in [0.1, 0.15) is 5.84 Å². The molecule has 104 valence electrons. The molecule has 0 atom stereocenters. The number of hydrogen-bond donors (Lipinski definition) is 3. The highest BCUT2D eigenvalue weighted by molar-refractivity contribution is 7.12. The predicted octanol–water partition coefficient (Wildman–Crippen LogP) is 1.94. The van der Waals surface area contributed by atoms with Crippen LogP contribution < -0.4 is 5.73 Å². The zero-order valence-corrected chi connectivity index (χ0v) is 11.1. The van der Waals surface area contributed by atoms with Crippen molar-refractivity contribution in [3.8, 4) is 0 Å². The fourth-order valence-corrected chi connectivity index (χ4v) is 1.75. The molecule has 2 rings (SSSR count). The highest BCUT2D eigenvalue weighted by Gasteiger charge is 2.04. The zero-order chi connectivity index (χ0) is 15.0. The number of nitrogens with two attached hydrogens (primary N) is 1. The molecule has 0 amide bonds. The minimum absolute atomic E-state index is 0.575. The van der Waals surface area contributed by atoms with Crippen LogP contribution in [0, 0.1) is 0 Å². The van der Waals surface area contributed by atoms with Crippen molar-refractivity contribution in [2.45, 2.75) is 0 Å². The smallest absolute Gasteiger partial charge is 0.414 e. The number of carboxylic acid groups (broad SMARTS) is 2. The van der Waals surface area contributed by atoms with Gasteiger partial charge in [0.05, 0.1) is 10.6 Å². The van der Waals surface area contributed by atoms with Gasteiger partial charge < -0.3 is 15.9 Å². The van der Waals surface area contributed by atoms with Crippen molar-refractivity contribution in [1.82, 2.24) is 0 Å². The van der Waals surface area contributed by atoms with Crippen LogP contribution >= 0.6 is 11.3 Å². The third-order valence-corrected chi connectivity index (χ3v) is 2.85. The van der Waals surface area contributed by atoms with E-state index in [0.29, 0.717) is 5.84 Å². The molecule has 0 spiro atoms. The quantitative estimate of drug-likeness (QED) is 0.445. The minimum atomic E-state index is -1.82. The van der Waals surface area contributed by atoms with Crippen LogP contribution in [0.5, 0.6) is 0 Å². The first-order valence-electron chi connectivity index (χ1n) is 5.40. The van der Waals surface area contributed by atoms with Gasteiger partial charge in [-0.25, -0.2) is 14.6 Å². The number of nitrogens with zero attached hydrogens (tertiary/aromatic N) is 1. The Morgan fingerprint density at radius 1 is 1.00 bits per heavy atom. The molecule has 7 heteroatoms. The molecular formula is C13H12N2O4S. The van der Waals surface area contributed by atoms with Crippen LogP contribution in [0.15, 0.2) is 52.8 Å². The number of carboxylic acids is 2. The summed E-state index contributed by atoms with van der Waals surface area (Å²) in [5.74, 6) is -3.07. The number of thiophene rings is 1. The summed E-state index contributed by atoms with van der Waals surface area (Å²) in [5, 5.41) is 16.8. The van der Waals surface area contributed by atoms with Gasteiger partial charge in [0.25, 0.3) is 0 Å². The number of benzene rings is 1. The van der Waals surface area contributed by atoms with Crippen molar-refractivity contribution in [3.05, 3.63) is 52.7 Å². The summed E-state index contributed by atoms with van der Waals surface area (Å²) < 4.78 is 0. The third kappa shape index (κ3) is 5.32. The molecule has 20 heavy (non-hydrogen) atoms. The van der Waals surface area contributed by atoms with E-state index in [4.69, 9.17) is 25.5 Å². The van der Waals surface area contributed by atoms with Crippen LogP contribution in [-0.4, -0.2) is 28.0 Å². The number of rotatable bonds is 2. The number of amidine groups is 1. The molecule has 1 heterocycles. The summed E-state index contributed by atoms with van der Waals surface area (Å²) in [6, 6.07) is 13.6. The highest BCUT2D eigenvalue weighted by Crippen LogP contribution is 2.13. The third-order valence-electron chi connectivity index (χ3n) is 1.96. The Balaban J connectivity index is 0.000000286. The first-order valence-corrected chi connectivity index (χ1v) is 6.28. The lowest BCUT2D eigenvalue weighted by Gasteiger charge is -1.96. The molecule has 0 aliphatic rings. The normalized spacial score (nSPS) is 10.3. The van der Waals surface area contributed by atoms with Crippen molar-refractivity contribution in [2.24, 2.45) is 10.7 Å². The first-order chi connectivity index (χ1) is 9.50. The average Bonchev–Trinajstić information content (AvgIpc) is 2.94. The van der Waals surface area contributed by atoms with E-state index in [1.54, 1.807) is 11.3 Å². The monoisotopic (exact) mass is 292 g/mol. The SMILES string of the molecule is NC(=Nc1ccccc1)c1cccs1.O=C(O)C(=O)O. The Bertz CT molecular complexity index is 582. The molecule has 0 unspecified atom stereocenters. The van der Waals surface area contributed by atoms with Crippen LogP contribution in [0.25, 0.3) is 0 Å². The topological polar surface area (TPSA) is 113 Å². The van der Waals surface area contributed by atoms with Crippen LogP contribution in [0.4, 0.5) is 5.69 Å². The van der Waals surface area contributed by atoms with Gasteiger partial charge in [0, 0.05) is 0 Å². The number of aliphatic carboxylic acids is 2. The van der Waals surface area contributed by atoms with E-state index in [9.17, 15) is 0 Å². The van der Waals surface area contributed by atoms with E-state index in [1.807, 2.05) is 47.8 Å². The van der Waals surface area contributed by atoms with E-state index >= 15 is 0 Å². The molecule has 6 nitrogen and oxygen atoms in total. The Kier molecular flexibility index (Phi) is 5.92. The van der Waals surface area contributed by atoms with Gasteiger partial charge in [-0.1, -0.05) is 24.3 Å². The Morgan fingerprint density at radius 3 is 2.05 bits per heavy atom. The van der Waals surface area contributed by atoms with E-state index in [-0.39, 0.29) is 0 Å². The van der Waals surface area contributed by atoms with E-state index < -0.39 is 11.9 Å². The largest absolute Gasteiger partial charge is 0.473 e. The lowest BCUT2D eigenvalue weighted by molar-refractivity contribution is -0.159. The standard InChI is InChI=1S/C11H10N2S.C2H2O4/c12-11(10-7-4-8-14-10)13-9-5-2-1-3-6-9;3-1(4)2(5)6/h1-8H,(H2,12,13);(H,3,4)(H,5,6). The Hall–Kier alpha value is -2.67. The van der Waals surface area contributed by atoms with E-state index in [1.165, 1.54) is 0 Å². The van der Waals surface area contributed by atoms with Gasteiger partial charge >= 0.3 is 11.9 Å². The Morgan fingerprint density at radius 2 is 1.60 bits per heavy atom. The molecule has 1 aromatic carbocycles. The molecule has 4 N–H and O–H groups in total. The summed E-state index contributed by atoms with van der Waals surface area (Å²) in [7, 11) is 0. The van der Waals surface area contributed by atoms with Crippen molar-refractivity contribution in [3.63, 3.8) is 0 Å². The molecule has 0 saturated heterocycles. The second-order valence-electron chi connectivity index (χ2n) is 3.42. The maximum Gasteiger partial charge on any atom is 0.414 e. The predicted molar refractivity (Wildman–Crippen MR) is 76.4 cm³/mol. The minimum Gasteiger partial charge on any atom is -0.473 e. The summed E-state index contributed by atoms with van der Waals surface area (Å²) >= 11 is 1.59. The fraction of sp³-hybridized carbons (Fsp3) is 0. The van der Waals surface area contributed by atoms with Crippen molar-refractivity contribution < 1.29 is 19.8 Å². The second kappa shape index (κ2) is 7.70. The van der Waals surface area contributed by atoms with E-state index in [2.05, 4.69) is 4.99 Å². The number of para-hydroxylation sites is 1. The molecule has 2 aromatic rings. The summed E-state index contributed by atoms with van der Waals surface area (Å²) in [4.78, 5) is 23.5. The van der Waals surface area contributed by atoms with Crippen LogP contribution in [-0.2, 0) is 9.59 Å². The molecule has 0 fully saturated rings. The van der Waals surface area contributed by atoms with Gasteiger partial charge in [0.15, 0.2) is 0 Å². The van der Waals surface area contributed by atoms with Gasteiger partial charge in [-0.2, -0.15) is 0 Å². The van der Waals surface area contributed by atoms with Crippen LogP contribution in [0.1, 0.15) is 4.88 Å². The first kappa shape index (κ1) is 15.4. The Labute approximate surface area is 118 Å². The lowest BCUT2D eigenvalue weighted by atomic mass is 10.3. The molecule has 0 aliphatic heterocycles. The fourth-order valence-electron chi connectivity index (χ4n) is 1.12. The maximum atomic E-state index is 9.10. The molecule has 0 radical (unpaired) electrons. The van der Waals surface area contributed by atoms with Crippen molar-refractivity contribution in [1.29, 1.82) is 0 Å². The second-order valence-corrected chi connectivity index (χ2v) is 4.37. The summed E-state index contributed by atoms with van der Waals surface area (Å²) in [6.07, 6.45) is 0. The number of carbonyl (C=O) groups is 2. The number of aliphatic imine (C=N–C) groups is 1. The summed E-state index contributed by atoms with van der Waals surface area (Å²) in [6.45, 7) is 0. The molecule has 0 bridgehead atoms. The molecule has 0 saturated carbocycles. The molecule has 0 aliphatic carbocycles. The van der Waals surface area contributed by atoms with Crippen molar-refractivity contribution >= 4 is 34.8 Å². The average molecular weight is 292 g/mol. The van der Waals surface area contributed by atoms with Gasteiger partial charge in [0.2, 0.25) is 0 Å². The van der Waals surface area contributed by atoms with Gasteiger partial charge in [-0.05, 0) is 23.6 Å². The van der Waals surface area contributed by atoms with Crippen molar-refractivity contribution in [2.75, 3.05) is 0 Å². The maximum absolute atomic E-state index is 9.10. The molecular weight excluding hydrogens is 280 g/mol. The van der Waals surface area contributed by atoms with E-state index in [0.717, 1.165) is 10.6 Å². The highest BCUT2D eigenvalue weighted by atomic mass is 32.1. The van der Waals surface area contributed by atoms with Gasteiger partial charge in [-0.3, -0.25) is 0 Å². The lowest BCUT2D eigenvalue weighted by Crippen LogP contribution is -2.10. The van der Waals surface area contributed by atoms with Crippen LogP contribution in [0.3, 0.4) is 0 Å².